The molecule has 3 aromatic rings. The molecule has 1 aromatic carbocycles. The van der Waals surface area contributed by atoms with E-state index in [0.29, 0.717) is 11.8 Å². The number of rotatable bonds is 7. The minimum atomic E-state index is -0.757. The van der Waals surface area contributed by atoms with Crippen molar-refractivity contribution in [2.45, 2.75) is 38.8 Å². The monoisotopic (exact) mass is 479 g/mol. The fraction of sp³-hybridized carbons (Fsp3) is 0.440. The van der Waals surface area contributed by atoms with E-state index in [0.717, 1.165) is 56.2 Å². The van der Waals surface area contributed by atoms with Crippen LogP contribution in [0.15, 0.2) is 42.9 Å². The highest BCUT2D eigenvalue weighted by atomic mass is 19.1. The summed E-state index contributed by atoms with van der Waals surface area (Å²) < 4.78 is 20.7. The van der Waals surface area contributed by atoms with Crippen molar-refractivity contribution in [2.75, 3.05) is 43.1 Å². The topological polar surface area (TPSA) is 88.4 Å². The van der Waals surface area contributed by atoms with Crippen molar-refractivity contribution in [2.24, 2.45) is 0 Å². The van der Waals surface area contributed by atoms with Crippen LogP contribution in [0.25, 0.3) is 0 Å². The second kappa shape index (κ2) is 9.35. The maximum atomic E-state index is 13.4. The van der Waals surface area contributed by atoms with Gasteiger partial charge in [0, 0.05) is 37.6 Å². The Morgan fingerprint density at radius 3 is 2.63 bits per heavy atom. The van der Waals surface area contributed by atoms with Gasteiger partial charge in [0.2, 0.25) is 11.9 Å². The van der Waals surface area contributed by atoms with E-state index in [1.807, 2.05) is 31.6 Å². The number of anilines is 3. The Morgan fingerprint density at radius 2 is 1.89 bits per heavy atom. The Morgan fingerprint density at radius 1 is 1.14 bits per heavy atom. The molecule has 0 radical (unpaired) electrons. The van der Waals surface area contributed by atoms with Crippen LogP contribution < -0.4 is 10.2 Å². The van der Waals surface area contributed by atoms with Crippen LogP contribution in [0.5, 0.6) is 0 Å². The maximum Gasteiger partial charge on any atom is 0.239 e. The number of hydrogen-bond donors (Lipinski definition) is 1. The van der Waals surface area contributed by atoms with Gasteiger partial charge in [-0.15, -0.1) is 0 Å². The molecular weight excluding hydrogens is 449 g/mol. The summed E-state index contributed by atoms with van der Waals surface area (Å²) in [5.41, 5.74) is 1.61. The van der Waals surface area contributed by atoms with Crippen molar-refractivity contribution in [3.63, 3.8) is 0 Å². The number of nitrogens with one attached hydrogen (secondary N) is 1. The summed E-state index contributed by atoms with van der Waals surface area (Å²) >= 11 is 0. The van der Waals surface area contributed by atoms with Crippen molar-refractivity contribution in [1.82, 2.24) is 24.6 Å². The summed E-state index contributed by atoms with van der Waals surface area (Å²) in [7, 11) is 0. The molecule has 35 heavy (non-hydrogen) atoms. The molecule has 184 valence electrons. The molecule has 0 bridgehead atoms. The van der Waals surface area contributed by atoms with Crippen LogP contribution in [0.2, 0.25) is 0 Å². The molecular formula is C25H30FN7O2. The molecule has 1 N–H and O–H groups in total. The summed E-state index contributed by atoms with van der Waals surface area (Å²) in [5.74, 6) is 0.577. The van der Waals surface area contributed by atoms with Crippen molar-refractivity contribution in [3.8, 4) is 0 Å². The summed E-state index contributed by atoms with van der Waals surface area (Å²) in [6.45, 7) is 10.8. The molecule has 0 unspecified atom stereocenters. The predicted molar refractivity (Wildman–Crippen MR) is 130 cm³/mol. The molecule has 1 fully saturated rings. The van der Waals surface area contributed by atoms with Crippen molar-refractivity contribution < 1.29 is 13.9 Å². The van der Waals surface area contributed by atoms with Gasteiger partial charge in [-0.3, -0.25) is 19.3 Å². The SMILES string of the molecule is C[C@@H](c1ccc(F)cc1)N1C(=O)C(C)(C)c2cnc(Nc3cnn(CCN4CCOCC4)c3)nc21. The first-order valence-corrected chi connectivity index (χ1v) is 11.9. The Kier molecular flexibility index (Phi) is 6.24. The minimum absolute atomic E-state index is 0.0632. The smallest absolute Gasteiger partial charge is 0.239 e. The lowest BCUT2D eigenvalue weighted by atomic mass is 9.88. The van der Waals surface area contributed by atoms with Crippen LogP contribution in [0, 0.1) is 5.82 Å². The highest BCUT2D eigenvalue weighted by molar-refractivity contribution is 6.07. The van der Waals surface area contributed by atoms with Crippen LogP contribution in [0.4, 0.5) is 21.8 Å². The normalized spacial score (nSPS) is 18.5. The quantitative estimate of drug-likeness (QED) is 0.556. The summed E-state index contributed by atoms with van der Waals surface area (Å²) in [6, 6.07) is 5.90. The highest BCUT2D eigenvalue weighted by Gasteiger charge is 2.47. The van der Waals surface area contributed by atoms with Gasteiger partial charge in [-0.2, -0.15) is 10.1 Å². The summed E-state index contributed by atoms with van der Waals surface area (Å²) in [5, 5.41) is 7.65. The van der Waals surface area contributed by atoms with Crippen LogP contribution in [-0.4, -0.2) is 63.4 Å². The molecule has 0 spiro atoms. The van der Waals surface area contributed by atoms with Gasteiger partial charge in [0.05, 0.1) is 43.1 Å². The third kappa shape index (κ3) is 4.63. The molecule has 0 aliphatic carbocycles. The molecule has 2 aromatic heterocycles. The number of nitrogens with zero attached hydrogens (tertiary/aromatic N) is 6. The second-order valence-corrected chi connectivity index (χ2v) is 9.53. The number of carbonyl (C=O) groups excluding carboxylic acids is 1. The van der Waals surface area contributed by atoms with Crippen LogP contribution in [0.1, 0.15) is 37.9 Å². The zero-order valence-corrected chi connectivity index (χ0v) is 20.2. The maximum absolute atomic E-state index is 13.4. The zero-order chi connectivity index (χ0) is 24.6. The van der Waals surface area contributed by atoms with Gasteiger partial charge in [-0.05, 0) is 38.5 Å². The second-order valence-electron chi connectivity index (χ2n) is 9.53. The lowest BCUT2D eigenvalue weighted by Gasteiger charge is -2.26. The largest absolute Gasteiger partial charge is 0.379 e. The standard InChI is InChI=1S/C25H30FN7O2/c1-17(18-4-6-19(26)7-5-18)33-22-21(25(2,3)23(33)34)15-27-24(30-22)29-20-14-28-32(16-20)9-8-31-10-12-35-13-11-31/h4-7,14-17H,8-13H2,1-3H3,(H,27,29,30)/t17-/m0/s1. The molecule has 1 saturated heterocycles. The van der Waals surface area contributed by atoms with Crippen LogP contribution in [0.3, 0.4) is 0 Å². The van der Waals surface area contributed by atoms with Gasteiger partial charge in [0.15, 0.2) is 0 Å². The van der Waals surface area contributed by atoms with E-state index in [1.54, 1.807) is 29.4 Å². The lowest BCUT2D eigenvalue weighted by molar-refractivity contribution is -0.122. The van der Waals surface area contributed by atoms with E-state index in [4.69, 9.17) is 9.72 Å². The highest BCUT2D eigenvalue weighted by Crippen LogP contribution is 2.44. The van der Waals surface area contributed by atoms with E-state index >= 15 is 0 Å². The number of benzene rings is 1. The molecule has 4 heterocycles. The van der Waals surface area contributed by atoms with E-state index in [9.17, 15) is 9.18 Å². The number of hydrogen-bond acceptors (Lipinski definition) is 7. The minimum Gasteiger partial charge on any atom is -0.379 e. The van der Waals surface area contributed by atoms with E-state index < -0.39 is 5.41 Å². The molecule has 5 rings (SSSR count). The van der Waals surface area contributed by atoms with E-state index in [-0.39, 0.29) is 17.8 Å². The molecule has 9 nitrogen and oxygen atoms in total. The zero-order valence-electron chi connectivity index (χ0n) is 20.2. The number of aromatic nitrogens is 4. The van der Waals surface area contributed by atoms with Gasteiger partial charge < -0.3 is 10.1 Å². The summed E-state index contributed by atoms with van der Waals surface area (Å²) in [4.78, 5) is 26.6. The van der Waals surface area contributed by atoms with Gasteiger partial charge >= 0.3 is 0 Å². The first-order valence-electron chi connectivity index (χ1n) is 11.9. The van der Waals surface area contributed by atoms with Crippen molar-refractivity contribution >= 4 is 23.4 Å². The third-order valence-corrected chi connectivity index (χ3v) is 6.80. The fourth-order valence-electron chi connectivity index (χ4n) is 4.57. The first-order chi connectivity index (χ1) is 16.8. The molecule has 10 heteroatoms. The van der Waals surface area contributed by atoms with E-state index in [2.05, 4.69) is 20.3 Å². The number of halogens is 1. The lowest BCUT2D eigenvalue weighted by Crippen LogP contribution is -2.38. The number of carbonyl (C=O) groups is 1. The Bertz CT molecular complexity index is 1200. The van der Waals surface area contributed by atoms with Gasteiger partial charge in [0.1, 0.15) is 11.6 Å². The fourth-order valence-corrected chi connectivity index (χ4v) is 4.57. The van der Waals surface area contributed by atoms with Gasteiger partial charge in [-0.1, -0.05) is 12.1 Å². The van der Waals surface area contributed by atoms with Gasteiger partial charge in [-0.25, -0.2) is 9.37 Å². The van der Waals surface area contributed by atoms with Crippen LogP contribution >= 0.6 is 0 Å². The molecule has 0 saturated carbocycles. The van der Waals surface area contributed by atoms with Crippen molar-refractivity contribution in [1.29, 1.82) is 0 Å². The number of ether oxygens (including phenoxy) is 1. The van der Waals surface area contributed by atoms with Crippen LogP contribution in [-0.2, 0) is 21.5 Å². The average molecular weight is 480 g/mol. The molecule has 1 atom stereocenters. The Hall–Kier alpha value is -3.37. The predicted octanol–water partition coefficient (Wildman–Crippen LogP) is 3.27. The average Bonchev–Trinajstić information content (AvgIpc) is 3.38. The molecule has 2 aliphatic rings. The van der Waals surface area contributed by atoms with Crippen molar-refractivity contribution in [3.05, 3.63) is 59.8 Å². The Labute approximate surface area is 203 Å². The molecule has 2 aliphatic heterocycles. The summed E-state index contributed by atoms with van der Waals surface area (Å²) in [6.07, 6.45) is 5.37. The number of fused-ring (bicyclic) bond motifs is 1. The number of morpholine rings is 1. The third-order valence-electron chi connectivity index (χ3n) is 6.80. The molecule has 1 amide bonds. The van der Waals surface area contributed by atoms with E-state index in [1.165, 1.54) is 12.1 Å². The Balaban J connectivity index is 1.34. The van der Waals surface area contributed by atoms with Gasteiger partial charge in [0.25, 0.3) is 0 Å². The number of amides is 1. The first kappa shape index (κ1) is 23.4.